The topological polar surface area (TPSA) is 55.2 Å². The molecule has 0 heterocycles. The van der Waals surface area contributed by atoms with Gasteiger partial charge in [-0.15, -0.1) is 0 Å². The third-order valence-electron chi connectivity index (χ3n) is 3.19. The van der Waals surface area contributed by atoms with Gasteiger partial charge in [0, 0.05) is 33.2 Å². The van der Waals surface area contributed by atoms with Gasteiger partial charge in [-0.1, -0.05) is 44.0 Å². The van der Waals surface area contributed by atoms with Crippen LogP contribution in [-0.2, 0) is 6.54 Å². The Morgan fingerprint density at radius 3 is 2.57 bits per heavy atom. The number of nitrogens with zero attached hydrogens (tertiary/aromatic N) is 1. The number of benzene rings is 2. The van der Waals surface area contributed by atoms with Gasteiger partial charge in [0.2, 0.25) is 0 Å². The molecular formula is C15H14Br2N2O2. The smallest absolute Gasteiger partial charge is 0.273 e. The first-order valence-electron chi connectivity index (χ1n) is 6.39. The van der Waals surface area contributed by atoms with Crippen LogP contribution < -0.4 is 5.32 Å². The molecule has 0 unspecified atom stereocenters. The molecule has 0 amide bonds. The standard InChI is InChI=1S/C15H14Br2N2O2/c1-10(11-3-2-4-13(16)7-11)18-9-12-8-14(17)5-6-15(12)19(20)21/h2-8,10,18H,9H2,1H3/t10-/m1/s1. The van der Waals surface area contributed by atoms with E-state index in [9.17, 15) is 10.1 Å². The molecule has 0 aliphatic carbocycles. The average molecular weight is 414 g/mol. The number of rotatable bonds is 5. The fourth-order valence-corrected chi connectivity index (χ4v) is 2.86. The summed E-state index contributed by atoms with van der Waals surface area (Å²) in [7, 11) is 0. The van der Waals surface area contributed by atoms with E-state index in [1.807, 2.05) is 31.2 Å². The fraction of sp³-hybridized carbons (Fsp3) is 0.200. The number of nitro groups is 1. The van der Waals surface area contributed by atoms with Crippen LogP contribution in [0.15, 0.2) is 51.4 Å². The van der Waals surface area contributed by atoms with Crippen LogP contribution >= 0.6 is 31.9 Å². The number of halogens is 2. The van der Waals surface area contributed by atoms with Gasteiger partial charge in [0.15, 0.2) is 0 Å². The Morgan fingerprint density at radius 2 is 1.90 bits per heavy atom. The van der Waals surface area contributed by atoms with Crippen molar-refractivity contribution in [1.82, 2.24) is 5.32 Å². The highest BCUT2D eigenvalue weighted by Crippen LogP contribution is 2.24. The molecule has 0 aliphatic rings. The Bertz CT molecular complexity index is 662. The summed E-state index contributed by atoms with van der Waals surface area (Å²) in [5.74, 6) is 0. The first-order chi connectivity index (χ1) is 9.97. The van der Waals surface area contributed by atoms with Crippen LogP contribution in [0, 0.1) is 10.1 Å². The minimum absolute atomic E-state index is 0.0982. The maximum Gasteiger partial charge on any atom is 0.273 e. The van der Waals surface area contributed by atoms with E-state index in [4.69, 9.17) is 0 Å². The Labute approximate surface area is 140 Å². The largest absolute Gasteiger partial charge is 0.306 e. The molecule has 1 N–H and O–H groups in total. The van der Waals surface area contributed by atoms with Crippen LogP contribution in [0.5, 0.6) is 0 Å². The van der Waals surface area contributed by atoms with E-state index in [0.717, 1.165) is 14.5 Å². The number of hydrogen-bond acceptors (Lipinski definition) is 3. The number of hydrogen-bond donors (Lipinski definition) is 1. The van der Waals surface area contributed by atoms with E-state index < -0.39 is 0 Å². The van der Waals surface area contributed by atoms with Crippen molar-refractivity contribution < 1.29 is 4.92 Å². The average Bonchev–Trinajstić information content (AvgIpc) is 2.44. The van der Waals surface area contributed by atoms with Gasteiger partial charge < -0.3 is 5.32 Å². The molecule has 1 atom stereocenters. The van der Waals surface area contributed by atoms with Crippen molar-refractivity contribution in [2.75, 3.05) is 0 Å². The van der Waals surface area contributed by atoms with Gasteiger partial charge in [-0.25, -0.2) is 0 Å². The van der Waals surface area contributed by atoms with E-state index in [1.165, 1.54) is 6.07 Å². The van der Waals surface area contributed by atoms with Gasteiger partial charge in [-0.3, -0.25) is 10.1 Å². The third kappa shape index (κ3) is 4.36. The molecule has 110 valence electrons. The van der Waals surface area contributed by atoms with Crippen molar-refractivity contribution in [3.8, 4) is 0 Å². The van der Waals surface area contributed by atoms with Crippen LogP contribution in [-0.4, -0.2) is 4.92 Å². The summed E-state index contributed by atoms with van der Waals surface area (Å²) in [6.07, 6.45) is 0. The van der Waals surface area contributed by atoms with E-state index in [-0.39, 0.29) is 16.7 Å². The summed E-state index contributed by atoms with van der Waals surface area (Å²) in [4.78, 5) is 10.7. The number of nitrogens with one attached hydrogen (secondary N) is 1. The van der Waals surface area contributed by atoms with Crippen LogP contribution in [0.25, 0.3) is 0 Å². The highest BCUT2D eigenvalue weighted by Gasteiger charge is 2.14. The molecule has 6 heteroatoms. The van der Waals surface area contributed by atoms with Crippen LogP contribution in [0.4, 0.5) is 5.69 Å². The highest BCUT2D eigenvalue weighted by atomic mass is 79.9. The minimum Gasteiger partial charge on any atom is -0.306 e. The monoisotopic (exact) mass is 412 g/mol. The van der Waals surface area contributed by atoms with Gasteiger partial charge in [-0.2, -0.15) is 0 Å². The molecule has 2 aromatic rings. The second-order valence-electron chi connectivity index (χ2n) is 4.69. The Kier molecular flexibility index (Phi) is 5.50. The van der Waals surface area contributed by atoms with Gasteiger partial charge >= 0.3 is 0 Å². The summed E-state index contributed by atoms with van der Waals surface area (Å²) >= 11 is 6.79. The zero-order valence-electron chi connectivity index (χ0n) is 11.3. The molecule has 2 rings (SSSR count). The highest BCUT2D eigenvalue weighted by molar-refractivity contribution is 9.10. The molecule has 4 nitrogen and oxygen atoms in total. The molecular weight excluding hydrogens is 400 g/mol. The second kappa shape index (κ2) is 7.15. The molecule has 0 fully saturated rings. The zero-order valence-corrected chi connectivity index (χ0v) is 14.5. The van der Waals surface area contributed by atoms with E-state index in [0.29, 0.717) is 12.1 Å². The first-order valence-corrected chi connectivity index (χ1v) is 7.97. The fourth-order valence-electron chi connectivity index (χ4n) is 2.03. The van der Waals surface area contributed by atoms with Crippen molar-refractivity contribution in [3.05, 3.63) is 72.7 Å². The van der Waals surface area contributed by atoms with Crippen molar-refractivity contribution in [2.45, 2.75) is 19.5 Å². The summed E-state index contributed by atoms with van der Waals surface area (Å²) < 4.78 is 1.85. The summed E-state index contributed by atoms with van der Waals surface area (Å²) in [6.45, 7) is 2.47. The second-order valence-corrected chi connectivity index (χ2v) is 6.52. The molecule has 0 bridgehead atoms. The molecule has 0 spiro atoms. The lowest BCUT2D eigenvalue weighted by Gasteiger charge is -2.15. The lowest BCUT2D eigenvalue weighted by Crippen LogP contribution is -2.18. The van der Waals surface area contributed by atoms with Crippen molar-refractivity contribution >= 4 is 37.5 Å². The van der Waals surface area contributed by atoms with Crippen molar-refractivity contribution in [2.24, 2.45) is 0 Å². The predicted molar refractivity (Wildman–Crippen MR) is 90.2 cm³/mol. The molecule has 0 aliphatic heterocycles. The van der Waals surface area contributed by atoms with Crippen LogP contribution in [0.1, 0.15) is 24.1 Å². The SMILES string of the molecule is C[C@@H](NCc1cc(Br)ccc1[N+](=O)[O-])c1cccc(Br)c1. The molecule has 0 saturated heterocycles. The van der Waals surface area contributed by atoms with Crippen molar-refractivity contribution in [1.29, 1.82) is 0 Å². The lowest BCUT2D eigenvalue weighted by atomic mass is 10.1. The maximum atomic E-state index is 11.0. The van der Waals surface area contributed by atoms with E-state index >= 15 is 0 Å². The van der Waals surface area contributed by atoms with E-state index in [2.05, 4.69) is 37.2 Å². The summed E-state index contributed by atoms with van der Waals surface area (Å²) in [6, 6.07) is 13.1. The Morgan fingerprint density at radius 1 is 1.19 bits per heavy atom. The molecule has 2 aromatic carbocycles. The predicted octanol–water partition coefficient (Wildman–Crippen LogP) is 4.97. The molecule has 0 radical (unpaired) electrons. The van der Waals surface area contributed by atoms with Crippen molar-refractivity contribution in [3.63, 3.8) is 0 Å². The quantitative estimate of drug-likeness (QED) is 0.556. The van der Waals surface area contributed by atoms with Crippen LogP contribution in [0.2, 0.25) is 0 Å². The number of nitro benzene ring substituents is 1. The lowest BCUT2D eigenvalue weighted by molar-refractivity contribution is -0.385. The van der Waals surface area contributed by atoms with Gasteiger partial charge in [0.05, 0.1) is 4.92 Å². The molecule has 0 saturated carbocycles. The van der Waals surface area contributed by atoms with E-state index in [1.54, 1.807) is 12.1 Å². The summed E-state index contributed by atoms with van der Waals surface area (Å²) in [5, 5.41) is 14.4. The van der Waals surface area contributed by atoms with Crippen LogP contribution in [0.3, 0.4) is 0 Å². The van der Waals surface area contributed by atoms with Gasteiger partial charge in [-0.05, 0) is 36.8 Å². The Balaban J connectivity index is 2.12. The normalized spacial score (nSPS) is 12.1. The molecule has 0 aromatic heterocycles. The summed E-state index contributed by atoms with van der Waals surface area (Å²) in [5.41, 5.74) is 1.92. The van der Waals surface area contributed by atoms with Gasteiger partial charge in [0.1, 0.15) is 0 Å². The third-order valence-corrected chi connectivity index (χ3v) is 4.17. The maximum absolute atomic E-state index is 11.0. The minimum atomic E-state index is -0.354. The Hall–Kier alpha value is -1.24. The zero-order chi connectivity index (χ0) is 15.4. The molecule has 21 heavy (non-hydrogen) atoms. The first kappa shape index (κ1) is 16.1. The van der Waals surface area contributed by atoms with Gasteiger partial charge in [0.25, 0.3) is 5.69 Å².